The number of benzene rings is 1. The maximum absolute atomic E-state index is 11.7. The summed E-state index contributed by atoms with van der Waals surface area (Å²) >= 11 is 3.34. The van der Waals surface area contributed by atoms with Crippen molar-refractivity contribution in [2.24, 2.45) is 5.41 Å². The van der Waals surface area contributed by atoms with E-state index in [9.17, 15) is 9.59 Å². The summed E-state index contributed by atoms with van der Waals surface area (Å²) in [5, 5.41) is 5.64. The number of nitrogens with one attached hydrogen (secondary N) is 2. The van der Waals surface area contributed by atoms with Gasteiger partial charge in [0.2, 0.25) is 11.8 Å². The number of carbonyl (C=O) groups excluding carboxylic acids is 2. The molecule has 0 fully saturated rings. The molecule has 2 N–H and O–H groups in total. The first-order chi connectivity index (χ1) is 9.29. The minimum atomic E-state index is -0.389. The van der Waals surface area contributed by atoms with Gasteiger partial charge in [0.15, 0.2) is 0 Å². The normalized spacial score (nSPS) is 11.0. The Bertz CT molecular complexity index is 464. The van der Waals surface area contributed by atoms with E-state index in [0.29, 0.717) is 19.4 Å². The smallest absolute Gasteiger partial charge is 0.225 e. The Morgan fingerprint density at radius 1 is 1.15 bits per heavy atom. The average Bonchev–Trinajstić information content (AvgIpc) is 2.36. The molecule has 0 aliphatic rings. The molecular weight excluding hydrogens is 320 g/mol. The van der Waals surface area contributed by atoms with Crippen molar-refractivity contribution in [2.45, 2.75) is 33.6 Å². The second-order valence-electron chi connectivity index (χ2n) is 5.66. The minimum Gasteiger partial charge on any atom is -0.356 e. The molecule has 0 saturated heterocycles. The Morgan fingerprint density at radius 2 is 1.75 bits per heavy atom. The molecule has 0 saturated carbocycles. The lowest BCUT2D eigenvalue weighted by Gasteiger charge is -2.17. The standard InChI is InChI=1S/C15H21BrN2O2/c1-15(2,3)14(20)17-10-4-5-13(19)18-12-8-6-11(16)7-9-12/h6-9H,4-5,10H2,1-3H3,(H,17,20)(H,18,19). The molecule has 110 valence electrons. The first-order valence-electron chi connectivity index (χ1n) is 6.63. The highest BCUT2D eigenvalue weighted by Gasteiger charge is 2.20. The van der Waals surface area contributed by atoms with Crippen LogP contribution in [0.25, 0.3) is 0 Å². The van der Waals surface area contributed by atoms with Crippen molar-refractivity contribution >= 4 is 33.4 Å². The second-order valence-corrected chi connectivity index (χ2v) is 6.58. The van der Waals surface area contributed by atoms with Crippen LogP contribution < -0.4 is 10.6 Å². The van der Waals surface area contributed by atoms with Crippen LogP contribution in [0.3, 0.4) is 0 Å². The SMILES string of the molecule is CC(C)(C)C(=O)NCCCC(=O)Nc1ccc(Br)cc1. The van der Waals surface area contributed by atoms with E-state index in [4.69, 9.17) is 0 Å². The lowest BCUT2D eigenvalue weighted by molar-refractivity contribution is -0.128. The molecule has 0 atom stereocenters. The van der Waals surface area contributed by atoms with Crippen molar-refractivity contribution < 1.29 is 9.59 Å². The number of halogens is 1. The van der Waals surface area contributed by atoms with E-state index >= 15 is 0 Å². The molecule has 0 radical (unpaired) electrons. The van der Waals surface area contributed by atoms with Crippen LogP contribution in [-0.2, 0) is 9.59 Å². The summed E-state index contributed by atoms with van der Waals surface area (Å²) in [6, 6.07) is 7.42. The van der Waals surface area contributed by atoms with Gasteiger partial charge in [-0.1, -0.05) is 36.7 Å². The summed E-state index contributed by atoms with van der Waals surface area (Å²) in [7, 11) is 0. The number of carbonyl (C=O) groups is 2. The highest BCUT2D eigenvalue weighted by molar-refractivity contribution is 9.10. The zero-order valence-corrected chi connectivity index (χ0v) is 13.7. The van der Waals surface area contributed by atoms with E-state index in [-0.39, 0.29) is 17.2 Å². The maximum Gasteiger partial charge on any atom is 0.225 e. The summed E-state index contributed by atoms with van der Waals surface area (Å²) in [6.07, 6.45) is 1.02. The summed E-state index contributed by atoms with van der Waals surface area (Å²) in [6.45, 7) is 6.11. The van der Waals surface area contributed by atoms with Gasteiger partial charge in [-0.2, -0.15) is 0 Å². The summed E-state index contributed by atoms with van der Waals surface area (Å²) < 4.78 is 0.973. The van der Waals surface area contributed by atoms with E-state index in [1.807, 2.05) is 45.0 Å². The zero-order chi connectivity index (χ0) is 15.2. The third-order valence-electron chi connectivity index (χ3n) is 2.68. The first kappa shape index (κ1) is 16.7. The zero-order valence-electron chi connectivity index (χ0n) is 12.1. The van der Waals surface area contributed by atoms with E-state index in [2.05, 4.69) is 26.6 Å². The molecule has 1 aromatic carbocycles. The number of amides is 2. The number of rotatable bonds is 5. The predicted octanol–water partition coefficient (Wildman–Crippen LogP) is 3.33. The van der Waals surface area contributed by atoms with Gasteiger partial charge in [0, 0.05) is 28.5 Å². The Balaban J connectivity index is 2.24. The summed E-state index contributed by atoms with van der Waals surface area (Å²) in [5.41, 5.74) is 0.386. The highest BCUT2D eigenvalue weighted by Crippen LogP contribution is 2.14. The van der Waals surface area contributed by atoms with Crippen LogP contribution in [0.15, 0.2) is 28.7 Å². The average molecular weight is 341 g/mol. The van der Waals surface area contributed by atoms with Crippen LogP contribution in [0, 0.1) is 5.41 Å². The van der Waals surface area contributed by atoms with Crippen molar-refractivity contribution in [1.82, 2.24) is 5.32 Å². The van der Waals surface area contributed by atoms with Gasteiger partial charge in [-0.15, -0.1) is 0 Å². The van der Waals surface area contributed by atoms with Crippen molar-refractivity contribution in [1.29, 1.82) is 0 Å². The topological polar surface area (TPSA) is 58.2 Å². The van der Waals surface area contributed by atoms with Gasteiger partial charge >= 0.3 is 0 Å². The molecule has 0 spiro atoms. The molecule has 1 aromatic rings. The Morgan fingerprint density at radius 3 is 2.30 bits per heavy atom. The fourth-order valence-electron chi connectivity index (χ4n) is 1.47. The highest BCUT2D eigenvalue weighted by atomic mass is 79.9. The van der Waals surface area contributed by atoms with Crippen molar-refractivity contribution in [3.63, 3.8) is 0 Å². The van der Waals surface area contributed by atoms with Crippen LogP contribution in [0.2, 0.25) is 0 Å². The van der Waals surface area contributed by atoms with E-state index < -0.39 is 0 Å². The fraction of sp³-hybridized carbons (Fsp3) is 0.467. The molecule has 2 amide bonds. The lowest BCUT2D eigenvalue weighted by atomic mass is 9.96. The number of hydrogen-bond acceptors (Lipinski definition) is 2. The monoisotopic (exact) mass is 340 g/mol. The summed E-state index contributed by atoms with van der Waals surface area (Å²) in [5.74, 6) is -0.0388. The maximum atomic E-state index is 11.7. The molecule has 0 aliphatic heterocycles. The Labute approximate surface area is 128 Å². The number of anilines is 1. The third kappa shape index (κ3) is 6.19. The third-order valence-corrected chi connectivity index (χ3v) is 3.20. The fourth-order valence-corrected chi connectivity index (χ4v) is 1.74. The van der Waals surface area contributed by atoms with Crippen LogP contribution in [-0.4, -0.2) is 18.4 Å². The summed E-state index contributed by atoms with van der Waals surface area (Å²) in [4.78, 5) is 23.3. The van der Waals surface area contributed by atoms with Gasteiger partial charge in [-0.25, -0.2) is 0 Å². The van der Waals surface area contributed by atoms with Crippen molar-refractivity contribution in [3.8, 4) is 0 Å². The van der Waals surface area contributed by atoms with Gasteiger partial charge < -0.3 is 10.6 Å². The molecule has 20 heavy (non-hydrogen) atoms. The Kier molecular flexibility index (Phi) is 6.20. The van der Waals surface area contributed by atoms with Crippen LogP contribution >= 0.6 is 15.9 Å². The predicted molar refractivity (Wildman–Crippen MR) is 84.5 cm³/mol. The van der Waals surface area contributed by atoms with Crippen molar-refractivity contribution in [2.75, 3.05) is 11.9 Å². The van der Waals surface area contributed by atoms with Crippen LogP contribution in [0.4, 0.5) is 5.69 Å². The van der Waals surface area contributed by atoms with Crippen LogP contribution in [0.1, 0.15) is 33.6 Å². The Hall–Kier alpha value is -1.36. The molecule has 0 unspecified atom stereocenters. The molecular formula is C15H21BrN2O2. The molecule has 0 bridgehead atoms. The molecule has 0 heterocycles. The van der Waals surface area contributed by atoms with Gasteiger partial charge in [-0.05, 0) is 30.7 Å². The van der Waals surface area contributed by atoms with Gasteiger partial charge in [-0.3, -0.25) is 9.59 Å². The lowest BCUT2D eigenvalue weighted by Crippen LogP contribution is -2.35. The minimum absolute atomic E-state index is 0.00539. The van der Waals surface area contributed by atoms with E-state index in [1.165, 1.54) is 0 Å². The quantitative estimate of drug-likeness (QED) is 0.807. The van der Waals surface area contributed by atoms with Crippen molar-refractivity contribution in [3.05, 3.63) is 28.7 Å². The van der Waals surface area contributed by atoms with E-state index in [0.717, 1.165) is 10.2 Å². The molecule has 4 nitrogen and oxygen atoms in total. The van der Waals surface area contributed by atoms with Gasteiger partial charge in [0.05, 0.1) is 0 Å². The molecule has 1 rings (SSSR count). The molecule has 5 heteroatoms. The van der Waals surface area contributed by atoms with E-state index in [1.54, 1.807) is 0 Å². The van der Waals surface area contributed by atoms with Crippen LogP contribution in [0.5, 0.6) is 0 Å². The first-order valence-corrected chi connectivity index (χ1v) is 7.42. The second kappa shape index (κ2) is 7.43. The largest absolute Gasteiger partial charge is 0.356 e. The molecule has 0 aliphatic carbocycles. The van der Waals surface area contributed by atoms with Gasteiger partial charge in [0.1, 0.15) is 0 Å². The number of hydrogen-bond donors (Lipinski definition) is 2. The van der Waals surface area contributed by atoms with Gasteiger partial charge in [0.25, 0.3) is 0 Å². The molecule has 0 aromatic heterocycles.